The average molecular weight is 214 g/mol. The van der Waals surface area contributed by atoms with Crippen molar-refractivity contribution in [2.24, 2.45) is 5.92 Å². The van der Waals surface area contributed by atoms with Gasteiger partial charge in [-0.05, 0) is 12.8 Å². The quantitative estimate of drug-likeness (QED) is 0.690. The summed E-state index contributed by atoms with van der Waals surface area (Å²) in [5, 5.41) is 0. The molecule has 0 radical (unpaired) electrons. The molecule has 3 nitrogen and oxygen atoms in total. The molecule has 0 aromatic carbocycles. The van der Waals surface area contributed by atoms with Crippen molar-refractivity contribution in [1.29, 1.82) is 0 Å². The zero-order valence-electron chi connectivity index (χ0n) is 8.48. The zero-order valence-corrected chi connectivity index (χ0v) is 9.38. The van der Waals surface area contributed by atoms with Gasteiger partial charge in [-0.3, -0.25) is 9.69 Å². The summed E-state index contributed by atoms with van der Waals surface area (Å²) in [5.74, 6) is 1.69. The molecule has 1 heterocycles. The summed E-state index contributed by atoms with van der Waals surface area (Å²) < 4.78 is 0. The maximum atomic E-state index is 11.7. The van der Waals surface area contributed by atoms with Crippen LogP contribution in [-0.4, -0.2) is 54.2 Å². The Hall–Kier alpha value is -0.220. The Morgan fingerprint density at radius 3 is 2.36 bits per heavy atom. The van der Waals surface area contributed by atoms with Crippen LogP contribution in [0.2, 0.25) is 0 Å². The molecule has 0 N–H and O–H groups in total. The number of carbonyl (C=O) groups is 1. The Balaban J connectivity index is 1.74. The number of nitrogens with zero attached hydrogens (tertiary/aromatic N) is 2. The third-order valence-electron chi connectivity index (χ3n) is 3.03. The highest BCUT2D eigenvalue weighted by Gasteiger charge is 2.34. The Labute approximate surface area is 90.8 Å². The van der Waals surface area contributed by atoms with E-state index in [0.29, 0.717) is 11.8 Å². The van der Waals surface area contributed by atoms with Gasteiger partial charge in [0.15, 0.2) is 0 Å². The third-order valence-corrected chi connectivity index (χ3v) is 3.23. The fourth-order valence-electron chi connectivity index (χ4n) is 1.92. The fraction of sp³-hybridized carbons (Fsp3) is 0.900. The Morgan fingerprint density at radius 1 is 1.21 bits per heavy atom. The molecule has 1 amide bonds. The lowest BCUT2D eigenvalue weighted by Crippen LogP contribution is -2.49. The Kier molecular flexibility index (Phi) is 3.34. The molecule has 1 aliphatic heterocycles. The van der Waals surface area contributed by atoms with Crippen LogP contribution in [0.3, 0.4) is 0 Å². The van der Waals surface area contributed by atoms with E-state index in [1.807, 2.05) is 4.90 Å². The number of piperazine rings is 1. The Bertz CT molecular complexity index is 210. The van der Waals surface area contributed by atoms with Crippen LogP contribution in [0.5, 0.6) is 0 Å². The SMILES string of the molecule is O=C(C1CC1)N1CCN(CCS)CC1. The predicted octanol–water partition coefficient (Wildman–Crippen LogP) is 0.470. The highest BCUT2D eigenvalue weighted by molar-refractivity contribution is 7.80. The largest absolute Gasteiger partial charge is 0.340 e. The van der Waals surface area contributed by atoms with Gasteiger partial charge in [0.1, 0.15) is 0 Å². The molecule has 80 valence electrons. The van der Waals surface area contributed by atoms with Gasteiger partial charge in [0.2, 0.25) is 5.91 Å². The van der Waals surface area contributed by atoms with Gasteiger partial charge in [-0.15, -0.1) is 0 Å². The standard InChI is InChI=1S/C10H18N2OS/c13-10(9-1-2-9)12-5-3-11(4-6-12)7-8-14/h9,14H,1-8H2. The lowest BCUT2D eigenvalue weighted by atomic mass is 10.2. The van der Waals surface area contributed by atoms with Crippen LogP contribution >= 0.6 is 12.6 Å². The van der Waals surface area contributed by atoms with E-state index >= 15 is 0 Å². The van der Waals surface area contributed by atoms with E-state index in [4.69, 9.17) is 0 Å². The van der Waals surface area contributed by atoms with E-state index in [0.717, 1.165) is 51.3 Å². The van der Waals surface area contributed by atoms with E-state index < -0.39 is 0 Å². The number of hydrogen-bond donors (Lipinski definition) is 1. The first kappa shape index (κ1) is 10.3. The predicted molar refractivity (Wildman–Crippen MR) is 59.6 cm³/mol. The second kappa shape index (κ2) is 4.53. The number of carbonyl (C=O) groups excluding carboxylic acids is 1. The molecular formula is C10H18N2OS. The topological polar surface area (TPSA) is 23.6 Å². The molecule has 0 atom stereocenters. The number of thiol groups is 1. The normalized spacial score (nSPS) is 23.9. The smallest absolute Gasteiger partial charge is 0.225 e. The molecule has 1 aliphatic carbocycles. The van der Waals surface area contributed by atoms with Crippen LogP contribution in [0.1, 0.15) is 12.8 Å². The molecule has 1 saturated heterocycles. The molecule has 0 bridgehead atoms. The molecule has 4 heteroatoms. The zero-order chi connectivity index (χ0) is 9.97. The average Bonchev–Trinajstić information content (AvgIpc) is 3.02. The number of hydrogen-bond acceptors (Lipinski definition) is 3. The van der Waals surface area contributed by atoms with Crippen molar-refractivity contribution in [2.75, 3.05) is 38.5 Å². The van der Waals surface area contributed by atoms with Gasteiger partial charge in [0, 0.05) is 44.4 Å². The van der Waals surface area contributed by atoms with Crippen LogP contribution < -0.4 is 0 Å². The number of rotatable bonds is 3. The second-order valence-electron chi connectivity index (χ2n) is 4.16. The van der Waals surface area contributed by atoms with Gasteiger partial charge >= 0.3 is 0 Å². The van der Waals surface area contributed by atoms with Gasteiger partial charge in [0.25, 0.3) is 0 Å². The van der Waals surface area contributed by atoms with E-state index in [-0.39, 0.29) is 0 Å². The molecule has 1 saturated carbocycles. The van der Waals surface area contributed by atoms with Crippen LogP contribution in [0.4, 0.5) is 0 Å². The molecule has 2 aliphatic rings. The maximum Gasteiger partial charge on any atom is 0.225 e. The van der Waals surface area contributed by atoms with Gasteiger partial charge in [0.05, 0.1) is 0 Å². The molecule has 0 aromatic heterocycles. The molecular weight excluding hydrogens is 196 g/mol. The third kappa shape index (κ3) is 2.42. The first-order valence-electron chi connectivity index (χ1n) is 5.43. The highest BCUT2D eigenvalue weighted by Crippen LogP contribution is 2.31. The van der Waals surface area contributed by atoms with Crippen LogP contribution in [0.25, 0.3) is 0 Å². The molecule has 14 heavy (non-hydrogen) atoms. The van der Waals surface area contributed by atoms with Gasteiger partial charge in [-0.1, -0.05) is 0 Å². The summed E-state index contributed by atoms with van der Waals surface area (Å²) in [6, 6.07) is 0. The minimum absolute atomic E-state index is 0.381. The van der Waals surface area contributed by atoms with Crippen LogP contribution in [0.15, 0.2) is 0 Å². The van der Waals surface area contributed by atoms with Gasteiger partial charge in [-0.2, -0.15) is 12.6 Å². The first-order chi connectivity index (χ1) is 6.81. The summed E-state index contributed by atoms with van der Waals surface area (Å²) in [6.07, 6.45) is 2.24. The highest BCUT2D eigenvalue weighted by atomic mass is 32.1. The first-order valence-corrected chi connectivity index (χ1v) is 6.06. The van der Waals surface area contributed by atoms with E-state index in [1.54, 1.807) is 0 Å². The van der Waals surface area contributed by atoms with Crippen LogP contribution in [0, 0.1) is 5.92 Å². The monoisotopic (exact) mass is 214 g/mol. The molecule has 0 aromatic rings. The number of amides is 1. The minimum Gasteiger partial charge on any atom is -0.340 e. The summed E-state index contributed by atoms with van der Waals surface area (Å²) in [4.78, 5) is 16.1. The lowest BCUT2D eigenvalue weighted by Gasteiger charge is -2.34. The van der Waals surface area contributed by atoms with Crippen molar-refractivity contribution >= 4 is 18.5 Å². The van der Waals surface area contributed by atoms with Crippen molar-refractivity contribution in [3.05, 3.63) is 0 Å². The van der Waals surface area contributed by atoms with Crippen LogP contribution in [-0.2, 0) is 4.79 Å². The summed E-state index contributed by atoms with van der Waals surface area (Å²) in [5.41, 5.74) is 0. The Morgan fingerprint density at radius 2 is 1.86 bits per heavy atom. The van der Waals surface area contributed by atoms with E-state index in [1.165, 1.54) is 0 Å². The van der Waals surface area contributed by atoms with Crippen molar-refractivity contribution in [2.45, 2.75) is 12.8 Å². The molecule has 0 spiro atoms. The lowest BCUT2D eigenvalue weighted by molar-refractivity contribution is -0.134. The van der Waals surface area contributed by atoms with Gasteiger partial charge in [-0.25, -0.2) is 0 Å². The van der Waals surface area contributed by atoms with Crippen molar-refractivity contribution in [1.82, 2.24) is 9.80 Å². The van der Waals surface area contributed by atoms with E-state index in [9.17, 15) is 4.79 Å². The summed E-state index contributed by atoms with van der Waals surface area (Å²) in [7, 11) is 0. The fourth-order valence-corrected chi connectivity index (χ4v) is 2.20. The van der Waals surface area contributed by atoms with Gasteiger partial charge < -0.3 is 4.90 Å². The molecule has 0 unspecified atom stereocenters. The van der Waals surface area contributed by atoms with Crippen molar-refractivity contribution in [3.8, 4) is 0 Å². The second-order valence-corrected chi connectivity index (χ2v) is 4.61. The molecule has 2 rings (SSSR count). The van der Waals surface area contributed by atoms with Crippen molar-refractivity contribution < 1.29 is 4.79 Å². The summed E-state index contributed by atoms with van der Waals surface area (Å²) in [6.45, 7) is 4.94. The summed E-state index contributed by atoms with van der Waals surface area (Å²) >= 11 is 4.21. The van der Waals surface area contributed by atoms with E-state index in [2.05, 4.69) is 17.5 Å². The minimum atomic E-state index is 0.381. The molecule has 2 fully saturated rings. The van der Waals surface area contributed by atoms with Crippen molar-refractivity contribution in [3.63, 3.8) is 0 Å². The maximum absolute atomic E-state index is 11.7.